The molecule has 1 heterocycles. The van der Waals surface area contributed by atoms with Gasteiger partial charge in [-0.3, -0.25) is 14.9 Å². The summed E-state index contributed by atoms with van der Waals surface area (Å²) >= 11 is 0. The van der Waals surface area contributed by atoms with Crippen LogP contribution in [0.15, 0.2) is 18.2 Å². The van der Waals surface area contributed by atoms with Gasteiger partial charge in [-0.05, 0) is 13.0 Å². The van der Waals surface area contributed by atoms with E-state index in [1.165, 1.54) is 6.07 Å². The number of nitro groups is 1. The highest BCUT2D eigenvalue weighted by Gasteiger charge is 2.19. The third-order valence-corrected chi connectivity index (χ3v) is 3.19. The van der Waals surface area contributed by atoms with Crippen LogP contribution in [-0.2, 0) is 9.53 Å². The van der Waals surface area contributed by atoms with Gasteiger partial charge in [0.15, 0.2) is 0 Å². The monoisotopic (exact) mass is 279 g/mol. The maximum absolute atomic E-state index is 11.9. The van der Waals surface area contributed by atoms with Crippen molar-refractivity contribution in [1.82, 2.24) is 5.32 Å². The van der Waals surface area contributed by atoms with Gasteiger partial charge in [0.25, 0.3) is 5.69 Å². The minimum atomic E-state index is -0.459. The zero-order valence-corrected chi connectivity index (χ0v) is 11.2. The number of amides is 1. The molecule has 2 N–H and O–H groups in total. The Bertz CT molecular complexity index is 512. The average Bonchev–Trinajstić information content (AvgIpc) is 2.42. The molecule has 1 unspecified atom stereocenters. The Hall–Kier alpha value is -1.99. The van der Waals surface area contributed by atoms with Crippen LogP contribution in [0.3, 0.4) is 0 Å². The fourth-order valence-electron chi connectivity index (χ4n) is 2.12. The molecule has 7 nitrogen and oxygen atoms in total. The van der Waals surface area contributed by atoms with E-state index in [1.807, 2.05) is 0 Å². The second-order valence-corrected chi connectivity index (χ2v) is 4.66. The minimum absolute atomic E-state index is 0.00150. The average molecular weight is 279 g/mol. The van der Waals surface area contributed by atoms with E-state index < -0.39 is 4.92 Å². The van der Waals surface area contributed by atoms with Gasteiger partial charge in [0.1, 0.15) is 0 Å². The second kappa shape index (κ2) is 6.44. The Balaban J connectivity index is 2.00. The molecule has 1 atom stereocenters. The molecule has 0 saturated carbocycles. The molecule has 0 aliphatic carbocycles. The molecule has 1 aromatic rings. The molecule has 1 fully saturated rings. The lowest BCUT2D eigenvalue weighted by Crippen LogP contribution is -2.40. The van der Waals surface area contributed by atoms with E-state index in [1.54, 1.807) is 19.1 Å². The summed E-state index contributed by atoms with van der Waals surface area (Å²) in [4.78, 5) is 22.3. The zero-order valence-electron chi connectivity index (χ0n) is 11.2. The summed E-state index contributed by atoms with van der Waals surface area (Å²) < 4.78 is 5.45. The van der Waals surface area contributed by atoms with Gasteiger partial charge in [0.2, 0.25) is 5.91 Å². The summed E-state index contributed by atoms with van der Waals surface area (Å²) in [6, 6.07) is 4.62. The number of carbonyl (C=O) groups is 1. The third-order valence-electron chi connectivity index (χ3n) is 3.19. The van der Waals surface area contributed by atoms with Crippen LogP contribution in [0.2, 0.25) is 0 Å². The predicted octanol–water partition coefficient (Wildman–Crippen LogP) is 1.22. The van der Waals surface area contributed by atoms with Crippen LogP contribution in [0, 0.1) is 17.0 Å². The summed E-state index contributed by atoms with van der Waals surface area (Å²) in [7, 11) is 0. The molecule has 1 aliphatic heterocycles. The summed E-state index contributed by atoms with van der Waals surface area (Å²) in [6.07, 6.45) is 0.0811. The lowest BCUT2D eigenvalue weighted by atomic mass is 10.1. The van der Waals surface area contributed by atoms with Crippen molar-refractivity contribution < 1.29 is 14.5 Å². The predicted molar refractivity (Wildman–Crippen MR) is 73.7 cm³/mol. The van der Waals surface area contributed by atoms with Crippen LogP contribution in [0.4, 0.5) is 11.4 Å². The molecule has 0 radical (unpaired) electrons. The molecule has 1 amide bonds. The molecular formula is C13H17N3O4. The van der Waals surface area contributed by atoms with Gasteiger partial charge in [-0.1, -0.05) is 6.07 Å². The van der Waals surface area contributed by atoms with Crippen molar-refractivity contribution >= 4 is 17.3 Å². The maximum Gasteiger partial charge on any atom is 0.274 e. The number of nitro benzene ring substituents is 1. The zero-order chi connectivity index (χ0) is 14.5. The Morgan fingerprint density at radius 3 is 3.05 bits per heavy atom. The first-order valence-electron chi connectivity index (χ1n) is 6.44. The molecule has 1 aromatic carbocycles. The van der Waals surface area contributed by atoms with Crippen LogP contribution in [0.5, 0.6) is 0 Å². The first-order chi connectivity index (χ1) is 9.58. The van der Waals surface area contributed by atoms with Gasteiger partial charge < -0.3 is 15.4 Å². The van der Waals surface area contributed by atoms with E-state index in [0.29, 0.717) is 24.4 Å². The van der Waals surface area contributed by atoms with Crippen LogP contribution in [-0.4, -0.2) is 36.6 Å². The van der Waals surface area contributed by atoms with Crippen molar-refractivity contribution in [2.75, 3.05) is 25.0 Å². The van der Waals surface area contributed by atoms with Gasteiger partial charge in [0.05, 0.1) is 35.3 Å². The molecule has 108 valence electrons. The molecule has 2 rings (SSSR count). The second-order valence-electron chi connectivity index (χ2n) is 4.66. The number of anilines is 1. The Labute approximate surface area is 116 Å². The normalized spacial score (nSPS) is 18.6. The van der Waals surface area contributed by atoms with Crippen molar-refractivity contribution in [3.63, 3.8) is 0 Å². The number of carbonyl (C=O) groups excluding carboxylic acids is 1. The van der Waals surface area contributed by atoms with Crippen molar-refractivity contribution in [3.05, 3.63) is 33.9 Å². The number of benzene rings is 1. The Kier molecular flexibility index (Phi) is 4.65. The fraction of sp³-hybridized carbons (Fsp3) is 0.462. The fourth-order valence-corrected chi connectivity index (χ4v) is 2.12. The van der Waals surface area contributed by atoms with Crippen molar-refractivity contribution in [1.29, 1.82) is 0 Å². The van der Waals surface area contributed by atoms with E-state index in [0.717, 1.165) is 6.54 Å². The van der Waals surface area contributed by atoms with Crippen LogP contribution < -0.4 is 10.6 Å². The summed E-state index contributed by atoms with van der Waals surface area (Å²) in [5.74, 6) is -0.206. The molecular weight excluding hydrogens is 262 g/mol. The summed E-state index contributed by atoms with van der Waals surface area (Å²) in [5.41, 5.74) is 0.917. The van der Waals surface area contributed by atoms with Crippen LogP contribution >= 0.6 is 0 Å². The van der Waals surface area contributed by atoms with Gasteiger partial charge in [-0.2, -0.15) is 0 Å². The molecule has 1 saturated heterocycles. The highest BCUT2D eigenvalue weighted by atomic mass is 16.6. The SMILES string of the molecule is Cc1c(NC(=O)CC2CNCCO2)cccc1[N+](=O)[O-]. The topological polar surface area (TPSA) is 93.5 Å². The standard InChI is InChI=1S/C13H17N3O4/c1-9-11(3-2-4-12(9)16(18)19)15-13(17)7-10-8-14-5-6-20-10/h2-4,10,14H,5-8H2,1H3,(H,15,17). The van der Waals surface area contributed by atoms with E-state index in [2.05, 4.69) is 10.6 Å². The molecule has 1 aliphatic rings. The van der Waals surface area contributed by atoms with Gasteiger partial charge in [-0.25, -0.2) is 0 Å². The van der Waals surface area contributed by atoms with E-state index in [9.17, 15) is 14.9 Å². The Morgan fingerprint density at radius 2 is 2.40 bits per heavy atom. The van der Waals surface area contributed by atoms with Crippen molar-refractivity contribution in [2.24, 2.45) is 0 Å². The molecule has 0 bridgehead atoms. The minimum Gasteiger partial charge on any atom is -0.375 e. The van der Waals surface area contributed by atoms with Gasteiger partial charge in [-0.15, -0.1) is 0 Å². The van der Waals surface area contributed by atoms with Crippen LogP contribution in [0.25, 0.3) is 0 Å². The lowest BCUT2D eigenvalue weighted by Gasteiger charge is -2.23. The molecule has 20 heavy (non-hydrogen) atoms. The van der Waals surface area contributed by atoms with E-state index >= 15 is 0 Å². The number of ether oxygens (including phenoxy) is 1. The first kappa shape index (κ1) is 14.4. The van der Waals surface area contributed by atoms with E-state index in [4.69, 9.17) is 4.74 Å². The number of nitrogens with one attached hydrogen (secondary N) is 2. The number of rotatable bonds is 4. The van der Waals surface area contributed by atoms with E-state index in [-0.39, 0.29) is 24.1 Å². The van der Waals surface area contributed by atoms with Crippen molar-refractivity contribution in [2.45, 2.75) is 19.4 Å². The molecule has 0 aromatic heterocycles. The third kappa shape index (κ3) is 3.52. The number of nitrogens with zero attached hydrogens (tertiary/aromatic N) is 1. The summed E-state index contributed by atoms with van der Waals surface area (Å²) in [6.45, 7) is 3.64. The van der Waals surface area contributed by atoms with Crippen molar-refractivity contribution in [3.8, 4) is 0 Å². The highest BCUT2D eigenvalue weighted by Crippen LogP contribution is 2.25. The number of hydrogen-bond acceptors (Lipinski definition) is 5. The van der Waals surface area contributed by atoms with Gasteiger partial charge >= 0.3 is 0 Å². The number of morpholine rings is 1. The molecule has 7 heteroatoms. The smallest absolute Gasteiger partial charge is 0.274 e. The molecule has 0 spiro atoms. The Morgan fingerprint density at radius 1 is 1.60 bits per heavy atom. The number of hydrogen-bond donors (Lipinski definition) is 2. The van der Waals surface area contributed by atoms with Crippen LogP contribution in [0.1, 0.15) is 12.0 Å². The maximum atomic E-state index is 11.9. The first-order valence-corrected chi connectivity index (χ1v) is 6.44. The quantitative estimate of drug-likeness (QED) is 0.638. The highest BCUT2D eigenvalue weighted by molar-refractivity contribution is 5.92. The van der Waals surface area contributed by atoms with Gasteiger partial charge in [0, 0.05) is 19.2 Å². The lowest BCUT2D eigenvalue weighted by molar-refractivity contribution is -0.385. The summed E-state index contributed by atoms with van der Waals surface area (Å²) in [5, 5.41) is 16.7. The largest absolute Gasteiger partial charge is 0.375 e.